The van der Waals surface area contributed by atoms with Crippen molar-refractivity contribution in [3.05, 3.63) is 47.5 Å². The maximum Gasteiger partial charge on any atom is 0.0285 e. The molecule has 2 nitrogen and oxygen atoms in total. The van der Waals surface area contributed by atoms with Crippen LogP contribution in [0.1, 0.15) is 23.1 Å². The highest BCUT2D eigenvalue weighted by Crippen LogP contribution is 2.11. The molecule has 2 heteroatoms. The Bertz CT molecular complexity index is 311. The van der Waals surface area contributed by atoms with Crippen LogP contribution >= 0.6 is 0 Å². The minimum atomic E-state index is 0.281. The SMILES string of the molecule is C=CCC(Cc1cc(C)cc(C)c1)NN. The van der Waals surface area contributed by atoms with E-state index in [1.807, 2.05) is 6.08 Å². The largest absolute Gasteiger partial charge is 0.271 e. The summed E-state index contributed by atoms with van der Waals surface area (Å²) in [4.78, 5) is 0. The molecule has 1 atom stereocenters. The number of hydrogen-bond acceptors (Lipinski definition) is 2. The van der Waals surface area contributed by atoms with E-state index in [4.69, 9.17) is 5.84 Å². The summed E-state index contributed by atoms with van der Waals surface area (Å²) in [5, 5.41) is 0. The smallest absolute Gasteiger partial charge is 0.0285 e. The van der Waals surface area contributed by atoms with E-state index in [0.29, 0.717) is 0 Å². The van der Waals surface area contributed by atoms with Gasteiger partial charge < -0.3 is 0 Å². The van der Waals surface area contributed by atoms with Gasteiger partial charge in [0.05, 0.1) is 0 Å². The lowest BCUT2D eigenvalue weighted by atomic mass is 10.00. The normalized spacial score (nSPS) is 12.5. The molecule has 1 unspecified atom stereocenters. The second-order valence-electron chi connectivity index (χ2n) is 4.09. The topological polar surface area (TPSA) is 38.0 Å². The lowest BCUT2D eigenvalue weighted by molar-refractivity contribution is 0.531. The first-order valence-corrected chi connectivity index (χ1v) is 5.30. The summed E-state index contributed by atoms with van der Waals surface area (Å²) < 4.78 is 0. The van der Waals surface area contributed by atoms with Gasteiger partial charge in [-0.15, -0.1) is 6.58 Å². The molecule has 15 heavy (non-hydrogen) atoms. The number of nitrogens with two attached hydrogens (primary N) is 1. The van der Waals surface area contributed by atoms with Gasteiger partial charge in [-0.3, -0.25) is 11.3 Å². The van der Waals surface area contributed by atoms with E-state index in [1.54, 1.807) is 0 Å². The first-order chi connectivity index (χ1) is 7.15. The van der Waals surface area contributed by atoms with Crippen molar-refractivity contribution in [3.8, 4) is 0 Å². The summed E-state index contributed by atoms with van der Waals surface area (Å²) in [6.45, 7) is 7.97. The third kappa shape index (κ3) is 3.86. The molecule has 0 heterocycles. The Morgan fingerprint density at radius 1 is 1.33 bits per heavy atom. The van der Waals surface area contributed by atoms with Gasteiger partial charge >= 0.3 is 0 Å². The van der Waals surface area contributed by atoms with Gasteiger partial charge in [0.15, 0.2) is 0 Å². The standard InChI is InChI=1S/C13H20N2/c1-4-5-13(15-14)9-12-7-10(2)6-11(3)8-12/h4,6-8,13,15H,1,5,9,14H2,2-3H3. The average Bonchev–Trinajstić information content (AvgIpc) is 2.15. The van der Waals surface area contributed by atoms with Crippen molar-refractivity contribution < 1.29 is 0 Å². The Morgan fingerprint density at radius 3 is 2.40 bits per heavy atom. The predicted molar refractivity (Wildman–Crippen MR) is 65.5 cm³/mol. The van der Waals surface area contributed by atoms with Crippen molar-refractivity contribution in [2.75, 3.05) is 0 Å². The maximum absolute atomic E-state index is 5.49. The Balaban J connectivity index is 2.73. The molecule has 0 saturated carbocycles. The van der Waals surface area contributed by atoms with Crippen LogP contribution in [0.15, 0.2) is 30.9 Å². The Hall–Kier alpha value is -1.12. The van der Waals surface area contributed by atoms with Crippen LogP contribution in [0.5, 0.6) is 0 Å². The van der Waals surface area contributed by atoms with Gasteiger partial charge in [-0.25, -0.2) is 0 Å². The van der Waals surface area contributed by atoms with E-state index in [0.717, 1.165) is 12.8 Å². The lowest BCUT2D eigenvalue weighted by Gasteiger charge is -2.14. The van der Waals surface area contributed by atoms with Crippen LogP contribution < -0.4 is 11.3 Å². The first kappa shape index (κ1) is 12.0. The molecule has 0 spiro atoms. The van der Waals surface area contributed by atoms with Crippen LogP contribution in [-0.4, -0.2) is 6.04 Å². The number of hydrazine groups is 1. The van der Waals surface area contributed by atoms with E-state index in [1.165, 1.54) is 16.7 Å². The van der Waals surface area contributed by atoms with Crippen LogP contribution in [0.25, 0.3) is 0 Å². The van der Waals surface area contributed by atoms with E-state index in [2.05, 4.69) is 44.1 Å². The van der Waals surface area contributed by atoms with E-state index >= 15 is 0 Å². The minimum Gasteiger partial charge on any atom is -0.271 e. The molecule has 3 N–H and O–H groups in total. The fourth-order valence-electron chi connectivity index (χ4n) is 1.88. The van der Waals surface area contributed by atoms with Crippen molar-refractivity contribution in [3.63, 3.8) is 0 Å². The monoisotopic (exact) mass is 204 g/mol. The fraction of sp³-hybridized carbons (Fsp3) is 0.385. The van der Waals surface area contributed by atoms with Gasteiger partial charge in [0, 0.05) is 6.04 Å². The molecular weight excluding hydrogens is 184 g/mol. The average molecular weight is 204 g/mol. The zero-order valence-electron chi connectivity index (χ0n) is 9.59. The Morgan fingerprint density at radius 2 is 1.93 bits per heavy atom. The summed E-state index contributed by atoms with van der Waals surface area (Å²) in [6.07, 6.45) is 3.74. The highest BCUT2D eigenvalue weighted by Gasteiger charge is 2.06. The zero-order chi connectivity index (χ0) is 11.3. The van der Waals surface area contributed by atoms with Crippen LogP contribution in [0, 0.1) is 13.8 Å². The molecule has 0 aliphatic rings. The third-order valence-electron chi connectivity index (χ3n) is 2.45. The van der Waals surface area contributed by atoms with Crippen LogP contribution in [0.2, 0.25) is 0 Å². The third-order valence-corrected chi connectivity index (χ3v) is 2.45. The summed E-state index contributed by atoms with van der Waals surface area (Å²) in [5.74, 6) is 5.49. The number of rotatable bonds is 5. The number of hydrogen-bond donors (Lipinski definition) is 2. The van der Waals surface area contributed by atoms with Gasteiger partial charge in [-0.1, -0.05) is 35.4 Å². The van der Waals surface area contributed by atoms with Crippen molar-refractivity contribution in [2.24, 2.45) is 5.84 Å². The molecular formula is C13H20N2. The molecule has 0 aromatic heterocycles. The number of aryl methyl sites for hydroxylation is 2. The molecule has 1 aromatic carbocycles. The second-order valence-corrected chi connectivity index (χ2v) is 4.09. The molecule has 1 aromatic rings. The molecule has 0 fully saturated rings. The predicted octanol–water partition coefficient (Wildman–Crippen LogP) is 2.25. The van der Waals surface area contributed by atoms with Crippen LogP contribution in [-0.2, 0) is 6.42 Å². The van der Waals surface area contributed by atoms with E-state index in [-0.39, 0.29) is 6.04 Å². The van der Waals surface area contributed by atoms with Crippen molar-refractivity contribution in [1.82, 2.24) is 5.43 Å². The van der Waals surface area contributed by atoms with Gasteiger partial charge in [0.2, 0.25) is 0 Å². The summed E-state index contributed by atoms with van der Waals surface area (Å²) in [6, 6.07) is 6.88. The van der Waals surface area contributed by atoms with Gasteiger partial charge in [-0.05, 0) is 32.3 Å². The molecule has 0 aliphatic carbocycles. The molecule has 82 valence electrons. The number of benzene rings is 1. The van der Waals surface area contributed by atoms with Crippen LogP contribution in [0.4, 0.5) is 0 Å². The van der Waals surface area contributed by atoms with E-state index < -0.39 is 0 Å². The summed E-state index contributed by atoms with van der Waals surface area (Å²) >= 11 is 0. The quantitative estimate of drug-likeness (QED) is 0.438. The Labute approximate surface area is 92.2 Å². The molecule has 0 amide bonds. The van der Waals surface area contributed by atoms with Crippen molar-refractivity contribution in [1.29, 1.82) is 0 Å². The molecule has 1 rings (SSSR count). The zero-order valence-corrected chi connectivity index (χ0v) is 9.59. The van der Waals surface area contributed by atoms with Gasteiger partial charge in [-0.2, -0.15) is 0 Å². The summed E-state index contributed by atoms with van der Waals surface area (Å²) in [7, 11) is 0. The van der Waals surface area contributed by atoms with Gasteiger partial charge in [0.1, 0.15) is 0 Å². The minimum absolute atomic E-state index is 0.281. The molecule has 0 radical (unpaired) electrons. The summed E-state index contributed by atoms with van der Waals surface area (Å²) in [5.41, 5.74) is 6.76. The fourth-order valence-corrected chi connectivity index (χ4v) is 1.88. The second kappa shape index (κ2) is 5.69. The maximum atomic E-state index is 5.49. The molecule has 0 bridgehead atoms. The highest BCUT2D eigenvalue weighted by molar-refractivity contribution is 5.29. The first-order valence-electron chi connectivity index (χ1n) is 5.30. The Kier molecular flexibility index (Phi) is 4.53. The number of nitrogens with one attached hydrogen (secondary N) is 1. The van der Waals surface area contributed by atoms with Gasteiger partial charge in [0.25, 0.3) is 0 Å². The van der Waals surface area contributed by atoms with E-state index in [9.17, 15) is 0 Å². The van der Waals surface area contributed by atoms with Crippen molar-refractivity contribution >= 4 is 0 Å². The molecule has 0 aliphatic heterocycles. The van der Waals surface area contributed by atoms with Crippen molar-refractivity contribution in [2.45, 2.75) is 32.7 Å². The highest BCUT2D eigenvalue weighted by atomic mass is 15.2. The lowest BCUT2D eigenvalue weighted by Crippen LogP contribution is -2.36. The van der Waals surface area contributed by atoms with Crippen LogP contribution in [0.3, 0.4) is 0 Å². The molecule has 0 saturated heterocycles.